The minimum Gasteiger partial charge on any atom is -0.366 e. The van der Waals surface area contributed by atoms with Crippen LogP contribution in [0, 0.1) is 0 Å². The fourth-order valence-electron chi connectivity index (χ4n) is 1.46. The molecular formula is C15H21N3O. The monoisotopic (exact) mass is 269 g/mol. The highest BCUT2D eigenvalue weighted by molar-refractivity contribution is 5.25. The molecule has 4 heteroatoms. The molecule has 1 unspecified atom stereocenters. The third kappa shape index (κ3) is 3.66. The Labute approximate surface area is 128 Å². The molecule has 4 nitrogen and oxygen atoms in total. The molecule has 2 aromatic rings. The van der Waals surface area contributed by atoms with Gasteiger partial charge < -0.3 is 9.64 Å². The average Bonchev–Trinajstić information content (AvgIpc) is 2.92. The summed E-state index contributed by atoms with van der Waals surface area (Å²) in [6.45, 7) is -2.46. The van der Waals surface area contributed by atoms with E-state index in [4.69, 9.17) is 18.4 Å². The molecule has 0 amide bonds. The van der Waals surface area contributed by atoms with Crippen molar-refractivity contribution in [1.29, 1.82) is 0 Å². The third-order valence-corrected chi connectivity index (χ3v) is 2.42. The van der Waals surface area contributed by atoms with Crippen LogP contribution in [0.3, 0.4) is 0 Å². The van der Waals surface area contributed by atoms with Gasteiger partial charge in [0.2, 0.25) is 0 Å². The lowest BCUT2D eigenvalue weighted by Crippen LogP contribution is -2.20. The van der Waals surface area contributed by atoms with Gasteiger partial charge in [0.1, 0.15) is 6.10 Å². The van der Waals surface area contributed by atoms with Crippen molar-refractivity contribution in [3.8, 4) is 0 Å². The Morgan fingerprint density at radius 2 is 2.16 bits per heavy atom. The van der Waals surface area contributed by atoms with E-state index < -0.39 is 55.5 Å². The summed E-state index contributed by atoms with van der Waals surface area (Å²) in [6.07, 6.45) is -2.12. The van der Waals surface area contributed by atoms with Crippen LogP contribution in [0.1, 0.15) is 31.1 Å². The highest BCUT2D eigenvalue weighted by Crippen LogP contribution is 2.25. The van der Waals surface area contributed by atoms with Crippen LogP contribution in [0.4, 0.5) is 0 Å². The summed E-state index contributed by atoms with van der Waals surface area (Å²) in [4.78, 5) is 1.78. The van der Waals surface area contributed by atoms with E-state index in [1.165, 1.54) is 0 Å². The van der Waals surface area contributed by atoms with E-state index >= 15 is 0 Å². The van der Waals surface area contributed by atoms with Crippen LogP contribution in [-0.2, 0) is 11.7 Å². The second-order valence-corrected chi connectivity index (χ2v) is 4.13. The lowest BCUT2D eigenvalue weighted by Gasteiger charge is -2.20. The molecule has 1 atom stereocenters. The molecule has 1 aromatic carbocycles. The number of benzene rings is 1. The first kappa shape index (κ1) is 5.77. The Bertz CT molecular complexity index is 880. The molecule has 0 saturated carbocycles. The Morgan fingerprint density at radius 3 is 2.84 bits per heavy atom. The average molecular weight is 269 g/mol. The van der Waals surface area contributed by atoms with Crippen LogP contribution >= 0.6 is 0 Å². The van der Waals surface area contributed by atoms with E-state index in [2.05, 4.69) is 5.10 Å². The SMILES string of the molecule is [2H]c1nn(C([2H])([2H])[2H])c(C(OCCN(C)C)c2c([2H])c([2H])c([2H])c([2H])c2[2H])c1[2H]. The minimum atomic E-state index is -2.86. The van der Waals surface area contributed by atoms with E-state index in [1.54, 1.807) is 19.0 Å². The molecule has 0 aliphatic rings. The lowest BCUT2D eigenvalue weighted by atomic mass is 10.1. The molecule has 0 aliphatic heterocycles. The molecular weight excluding hydrogens is 238 g/mol. The highest BCUT2D eigenvalue weighted by atomic mass is 16.5. The van der Waals surface area contributed by atoms with E-state index in [1.807, 2.05) is 0 Å². The molecule has 19 heavy (non-hydrogen) atoms. The number of ether oxygens (including phenoxy) is 1. The van der Waals surface area contributed by atoms with Crippen LogP contribution in [0.5, 0.6) is 0 Å². The number of rotatable bonds is 6. The number of nitrogens with zero attached hydrogens (tertiary/aromatic N) is 3. The second kappa shape index (κ2) is 6.50. The molecule has 1 aromatic heterocycles. The first-order chi connectivity index (χ1) is 13.3. The van der Waals surface area contributed by atoms with Crippen LogP contribution in [-0.4, -0.2) is 41.9 Å². The number of hydrogen-bond donors (Lipinski definition) is 0. The minimum absolute atomic E-state index is 0.0127. The van der Waals surface area contributed by atoms with Gasteiger partial charge in [-0.15, -0.1) is 0 Å². The Hall–Kier alpha value is -1.65. The van der Waals surface area contributed by atoms with Crippen molar-refractivity contribution in [2.45, 2.75) is 6.10 Å². The summed E-state index contributed by atoms with van der Waals surface area (Å²) in [5.41, 5.74) is -0.680. The van der Waals surface area contributed by atoms with Gasteiger partial charge in [0.05, 0.1) is 21.9 Å². The van der Waals surface area contributed by atoms with Crippen LogP contribution in [0.2, 0.25) is 0 Å². The topological polar surface area (TPSA) is 30.3 Å². The van der Waals surface area contributed by atoms with E-state index in [0.29, 0.717) is 11.2 Å². The smallest absolute Gasteiger partial charge is 0.124 e. The fourth-order valence-corrected chi connectivity index (χ4v) is 1.46. The molecule has 0 N–H and O–H groups in total. The third-order valence-electron chi connectivity index (χ3n) is 2.42. The normalized spacial score (nSPS) is 21.0. The van der Waals surface area contributed by atoms with Crippen molar-refractivity contribution in [3.05, 3.63) is 53.7 Å². The molecule has 0 saturated heterocycles. The van der Waals surface area contributed by atoms with Crippen molar-refractivity contribution >= 4 is 0 Å². The van der Waals surface area contributed by atoms with Gasteiger partial charge in [-0.25, -0.2) is 0 Å². The molecule has 2 rings (SSSR count). The number of hydrogen-bond acceptors (Lipinski definition) is 3. The second-order valence-electron chi connectivity index (χ2n) is 4.13. The van der Waals surface area contributed by atoms with Gasteiger partial charge >= 0.3 is 0 Å². The first-order valence-corrected chi connectivity index (χ1v) is 5.68. The zero-order valence-electron chi connectivity index (χ0n) is 20.7. The Balaban J connectivity index is 2.78. The summed E-state index contributed by atoms with van der Waals surface area (Å²) in [5, 5.41) is 3.58. The van der Waals surface area contributed by atoms with Gasteiger partial charge in [0.15, 0.2) is 0 Å². The Kier molecular flexibility index (Phi) is 1.97. The summed E-state index contributed by atoms with van der Waals surface area (Å²) in [6, 6.07) is -3.53. The summed E-state index contributed by atoms with van der Waals surface area (Å²) in [7, 11) is 3.54. The standard InChI is InChI=1S/C15H21N3O/c1-17(2)11-12-19-15(13-7-5-4-6-8-13)14-9-10-16-18(14)3/h4-10,15H,11-12H2,1-3H3/i3D3,4D,5D,6D,7D,8D,9D,10D. The molecule has 102 valence electrons. The highest BCUT2D eigenvalue weighted by Gasteiger charge is 2.17. The Morgan fingerprint density at radius 1 is 1.37 bits per heavy atom. The molecule has 0 bridgehead atoms. The van der Waals surface area contributed by atoms with Crippen LogP contribution < -0.4 is 0 Å². The van der Waals surface area contributed by atoms with Crippen molar-refractivity contribution < 1.29 is 18.4 Å². The predicted octanol–water partition coefficient (Wildman–Crippen LogP) is 2.09. The molecule has 0 fully saturated rings. The van der Waals surface area contributed by atoms with Gasteiger partial charge in [0, 0.05) is 23.8 Å². The zero-order valence-corrected chi connectivity index (χ0v) is 10.7. The maximum absolute atomic E-state index is 8.20. The van der Waals surface area contributed by atoms with Crippen molar-refractivity contribution in [2.75, 3.05) is 27.2 Å². The van der Waals surface area contributed by atoms with Crippen molar-refractivity contribution in [1.82, 2.24) is 14.7 Å². The maximum Gasteiger partial charge on any atom is 0.124 e. The number of likely N-dealkylation sites (N-methyl/N-ethyl adjacent to an activating group) is 1. The summed E-state index contributed by atoms with van der Waals surface area (Å²) in [5.74, 6) is 0. The first-order valence-electron chi connectivity index (χ1n) is 10.7. The number of aromatic nitrogens is 2. The zero-order chi connectivity index (χ0) is 22.3. The van der Waals surface area contributed by atoms with E-state index in [0.717, 1.165) is 0 Å². The molecule has 0 spiro atoms. The summed E-state index contributed by atoms with van der Waals surface area (Å²) >= 11 is 0. The van der Waals surface area contributed by atoms with Gasteiger partial charge in [0.25, 0.3) is 0 Å². The molecule has 0 radical (unpaired) electrons. The summed E-state index contributed by atoms with van der Waals surface area (Å²) < 4.78 is 85.0. The van der Waals surface area contributed by atoms with Gasteiger partial charge in [-0.2, -0.15) is 5.10 Å². The van der Waals surface area contributed by atoms with E-state index in [9.17, 15) is 0 Å². The van der Waals surface area contributed by atoms with E-state index in [-0.39, 0.29) is 17.9 Å². The van der Waals surface area contributed by atoms with Crippen LogP contribution in [0.15, 0.2) is 42.4 Å². The van der Waals surface area contributed by atoms with Gasteiger partial charge in [-0.1, -0.05) is 30.2 Å². The number of aryl methyl sites for hydroxylation is 1. The maximum atomic E-state index is 8.20. The van der Waals surface area contributed by atoms with Gasteiger partial charge in [-0.05, 0) is 25.7 Å². The molecule has 0 aliphatic carbocycles. The van der Waals surface area contributed by atoms with Gasteiger partial charge in [-0.3, -0.25) is 4.68 Å². The fraction of sp³-hybridized carbons (Fsp3) is 0.400. The van der Waals surface area contributed by atoms with Crippen LogP contribution in [0.25, 0.3) is 0 Å². The molecule has 1 heterocycles. The van der Waals surface area contributed by atoms with Crippen molar-refractivity contribution in [2.24, 2.45) is 6.98 Å². The van der Waals surface area contributed by atoms with Crippen molar-refractivity contribution in [3.63, 3.8) is 0 Å². The largest absolute Gasteiger partial charge is 0.366 e. The predicted molar refractivity (Wildman–Crippen MR) is 76.0 cm³/mol. The lowest BCUT2D eigenvalue weighted by molar-refractivity contribution is 0.0638. The quantitative estimate of drug-likeness (QED) is 0.804.